The van der Waals surface area contributed by atoms with Gasteiger partial charge in [0.15, 0.2) is 0 Å². The first-order valence-electron chi connectivity index (χ1n) is 15.1. The topological polar surface area (TPSA) is 122 Å². The van der Waals surface area contributed by atoms with E-state index in [0.717, 1.165) is 22.3 Å². The van der Waals surface area contributed by atoms with Crippen LogP contribution in [0.1, 0.15) is 16.7 Å². The van der Waals surface area contributed by atoms with Crippen LogP contribution >= 0.6 is 0 Å². The number of carbonyl (C=O) groups excluding carboxylic acids is 3. The molecule has 0 saturated carbocycles. The number of hydrogen-bond acceptors (Lipinski definition) is 7. The highest BCUT2D eigenvalue weighted by molar-refractivity contribution is 5.92. The van der Waals surface area contributed by atoms with Crippen molar-refractivity contribution in [3.8, 4) is 17.0 Å². The summed E-state index contributed by atoms with van der Waals surface area (Å²) in [5.74, 6) is -0.387. The molecule has 0 aliphatic carbocycles. The molecule has 2 unspecified atom stereocenters. The summed E-state index contributed by atoms with van der Waals surface area (Å²) in [6, 6.07) is 22.4. The number of rotatable bonds is 9. The van der Waals surface area contributed by atoms with Crippen molar-refractivity contribution in [3.63, 3.8) is 0 Å². The maximum absolute atomic E-state index is 14.3. The monoisotopic (exact) mass is 617 g/mol. The number of aromatic hydroxyl groups is 1. The summed E-state index contributed by atoms with van der Waals surface area (Å²) in [7, 11) is 0. The van der Waals surface area contributed by atoms with Gasteiger partial charge in [-0.1, -0.05) is 54.6 Å². The van der Waals surface area contributed by atoms with Crippen LogP contribution in [0.5, 0.6) is 5.75 Å². The van der Waals surface area contributed by atoms with Crippen molar-refractivity contribution >= 4 is 17.8 Å². The fourth-order valence-electron chi connectivity index (χ4n) is 6.09. The first kappa shape index (κ1) is 30.5. The molecule has 2 aromatic carbocycles. The lowest BCUT2D eigenvalue weighted by atomic mass is 9.98. The van der Waals surface area contributed by atoms with Crippen LogP contribution in [-0.4, -0.2) is 84.6 Å². The van der Waals surface area contributed by atoms with Gasteiger partial charge in [-0.3, -0.25) is 19.6 Å². The zero-order chi connectivity index (χ0) is 32.0. The molecule has 2 fully saturated rings. The van der Waals surface area contributed by atoms with E-state index in [1.165, 1.54) is 0 Å². The number of nitrogens with one attached hydrogen (secondary N) is 1. The fraction of sp³-hybridized carbons (Fsp3) is 0.229. The molecule has 0 spiro atoms. The molecule has 2 saturated heterocycles. The molecular weight excluding hydrogens is 582 g/mol. The lowest BCUT2D eigenvalue weighted by Gasteiger charge is -2.55. The largest absolute Gasteiger partial charge is 0.508 e. The van der Waals surface area contributed by atoms with E-state index < -0.39 is 12.2 Å². The number of benzene rings is 2. The van der Waals surface area contributed by atoms with Crippen LogP contribution < -0.4 is 5.32 Å². The zero-order valence-electron chi connectivity index (χ0n) is 25.3. The molecule has 2 atom stereocenters. The summed E-state index contributed by atoms with van der Waals surface area (Å²) in [6.07, 6.45) is 6.19. The molecule has 4 aromatic rings. The quantitative estimate of drug-likeness (QED) is 0.275. The zero-order valence-corrected chi connectivity index (χ0v) is 25.3. The first-order chi connectivity index (χ1) is 22.4. The lowest BCUT2D eigenvalue weighted by molar-refractivity contribution is -0.189. The Kier molecular flexibility index (Phi) is 9.02. The maximum atomic E-state index is 14.3. The Labute approximate surface area is 267 Å². The second kappa shape index (κ2) is 13.6. The standard InChI is InChI=1S/C35H35N7O4/c1-2-18-40-24-32(44)41-30(19-25-12-14-29(43)15-13-25)34(45)39(22-28-11-7-17-37-33(28)27-10-6-16-36-21-27)23-31(41)42(40)35(46)38-20-26-8-4-3-5-9-26/h2-17,21,30-31,43H,1,18-20,22-24H2,(H,38,46). The second-order valence-corrected chi connectivity index (χ2v) is 11.3. The molecule has 234 valence electrons. The van der Waals surface area contributed by atoms with Gasteiger partial charge in [-0.15, -0.1) is 6.58 Å². The Hall–Kier alpha value is -5.55. The van der Waals surface area contributed by atoms with Crippen molar-refractivity contribution in [2.75, 3.05) is 19.6 Å². The summed E-state index contributed by atoms with van der Waals surface area (Å²) in [5, 5.41) is 16.1. The van der Waals surface area contributed by atoms with Crippen molar-refractivity contribution in [1.29, 1.82) is 0 Å². The molecular formula is C35H35N7O4. The highest BCUT2D eigenvalue weighted by Crippen LogP contribution is 2.31. The summed E-state index contributed by atoms with van der Waals surface area (Å²) in [4.78, 5) is 54.2. The van der Waals surface area contributed by atoms with Crippen LogP contribution in [0, 0.1) is 0 Å². The van der Waals surface area contributed by atoms with Crippen molar-refractivity contribution in [3.05, 3.63) is 127 Å². The molecule has 0 bridgehead atoms. The number of phenols is 1. The van der Waals surface area contributed by atoms with E-state index in [0.29, 0.717) is 12.2 Å². The molecule has 46 heavy (non-hydrogen) atoms. The van der Waals surface area contributed by atoms with Gasteiger partial charge in [0.2, 0.25) is 11.8 Å². The number of hydrogen-bond donors (Lipinski definition) is 2. The molecule has 2 N–H and O–H groups in total. The number of phenolic OH excluding ortho intramolecular Hbond substituents is 1. The fourth-order valence-corrected chi connectivity index (χ4v) is 6.09. The van der Waals surface area contributed by atoms with Crippen LogP contribution in [0.2, 0.25) is 0 Å². The predicted molar refractivity (Wildman–Crippen MR) is 171 cm³/mol. The number of aromatic nitrogens is 2. The summed E-state index contributed by atoms with van der Waals surface area (Å²) >= 11 is 0. The van der Waals surface area contributed by atoms with Crippen molar-refractivity contribution in [1.82, 2.24) is 35.1 Å². The minimum atomic E-state index is -0.885. The van der Waals surface area contributed by atoms with Gasteiger partial charge in [-0.25, -0.2) is 14.8 Å². The summed E-state index contributed by atoms with van der Waals surface area (Å²) < 4.78 is 0. The van der Waals surface area contributed by atoms with Crippen molar-refractivity contribution in [2.45, 2.75) is 31.7 Å². The maximum Gasteiger partial charge on any atom is 0.334 e. The second-order valence-electron chi connectivity index (χ2n) is 11.3. The highest BCUT2D eigenvalue weighted by atomic mass is 16.3. The third kappa shape index (κ3) is 6.45. The van der Waals surface area contributed by atoms with Crippen LogP contribution in [0.25, 0.3) is 11.3 Å². The van der Waals surface area contributed by atoms with Crippen LogP contribution in [-0.2, 0) is 29.1 Å². The minimum Gasteiger partial charge on any atom is -0.508 e. The van der Waals surface area contributed by atoms with Crippen LogP contribution in [0.4, 0.5) is 4.79 Å². The SMILES string of the molecule is C=CCN1CC(=O)N2C(Cc3ccc(O)cc3)C(=O)N(Cc3cccnc3-c3cccnc3)CC2N1C(=O)NCc1ccccc1. The normalized spacial score (nSPS) is 18.3. The first-order valence-corrected chi connectivity index (χ1v) is 15.1. The van der Waals surface area contributed by atoms with E-state index in [-0.39, 0.29) is 56.2 Å². The average Bonchev–Trinajstić information content (AvgIpc) is 3.08. The Morgan fingerprint density at radius 3 is 2.50 bits per heavy atom. The average molecular weight is 618 g/mol. The molecule has 0 radical (unpaired) electrons. The molecule has 2 aliphatic heterocycles. The van der Waals surface area contributed by atoms with Gasteiger partial charge in [0.25, 0.3) is 0 Å². The number of carbonyl (C=O) groups is 3. The molecule has 2 aromatic heterocycles. The van der Waals surface area contributed by atoms with Gasteiger partial charge < -0.3 is 20.2 Å². The van der Waals surface area contributed by atoms with E-state index in [1.807, 2.05) is 54.6 Å². The molecule has 11 nitrogen and oxygen atoms in total. The van der Waals surface area contributed by atoms with E-state index >= 15 is 0 Å². The molecule has 6 rings (SSSR count). The summed E-state index contributed by atoms with van der Waals surface area (Å²) in [6.45, 7) is 4.62. The smallest absolute Gasteiger partial charge is 0.334 e. The molecule has 2 aliphatic rings. The van der Waals surface area contributed by atoms with Gasteiger partial charge in [0.05, 0.1) is 18.8 Å². The third-order valence-corrected chi connectivity index (χ3v) is 8.22. The predicted octanol–water partition coefficient (Wildman–Crippen LogP) is 3.59. The lowest BCUT2D eigenvalue weighted by Crippen LogP contribution is -2.76. The van der Waals surface area contributed by atoms with Crippen LogP contribution in [0.3, 0.4) is 0 Å². The number of hydrazine groups is 1. The molecule has 11 heteroatoms. The van der Waals surface area contributed by atoms with Gasteiger partial charge in [0, 0.05) is 50.2 Å². The minimum absolute atomic E-state index is 0.0877. The van der Waals surface area contributed by atoms with Crippen molar-refractivity contribution < 1.29 is 19.5 Å². The number of amides is 4. The van der Waals surface area contributed by atoms with Gasteiger partial charge in [-0.05, 0) is 47.0 Å². The Morgan fingerprint density at radius 1 is 0.978 bits per heavy atom. The van der Waals surface area contributed by atoms with Gasteiger partial charge >= 0.3 is 6.03 Å². The summed E-state index contributed by atoms with van der Waals surface area (Å²) in [5.41, 5.74) is 4.03. The molecule has 4 heterocycles. The van der Waals surface area contributed by atoms with Crippen LogP contribution in [0.15, 0.2) is 110 Å². The number of pyridine rings is 2. The Bertz CT molecular complexity index is 1700. The van der Waals surface area contributed by atoms with E-state index in [1.54, 1.807) is 68.7 Å². The number of piperazine rings is 1. The van der Waals surface area contributed by atoms with Gasteiger partial charge in [0.1, 0.15) is 18.0 Å². The van der Waals surface area contributed by atoms with E-state index in [4.69, 9.17) is 0 Å². The molecule has 4 amide bonds. The number of fused-ring (bicyclic) bond motifs is 1. The third-order valence-electron chi connectivity index (χ3n) is 8.22. The number of nitrogens with zero attached hydrogens (tertiary/aromatic N) is 6. The van der Waals surface area contributed by atoms with Gasteiger partial charge in [-0.2, -0.15) is 0 Å². The van der Waals surface area contributed by atoms with E-state index in [9.17, 15) is 19.5 Å². The highest BCUT2D eigenvalue weighted by Gasteiger charge is 2.51. The Morgan fingerprint density at radius 2 is 1.76 bits per heavy atom. The Balaban J connectivity index is 1.37. The van der Waals surface area contributed by atoms with E-state index in [2.05, 4.69) is 21.9 Å². The number of urea groups is 1. The van der Waals surface area contributed by atoms with Crippen molar-refractivity contribution in [2.24, 2.45) is 0 Å².